The third kappa shape index (κ3) is 3.32. The number of carbonyl (C=O) groups is 1. The Morgan fingerprint density at radius 3 is 1.68 bits per heavy atom. The van der Waals surface area contributed by atoms with E-state index in [1.54, 1.807) is 0 Å². The van der Waals surface area contributed by atoms with Gasteiger partial charge >= 0.3 is 29.9 Å². The lowest BCUT2D eigenvalue weighted by atomic mass is 9.89. The minimum absolute atomic E-state index is 0.251. The van der Waals surface area contributed by atoms with Gasteiger partial charge in [0.05, 0.1) is 5.92 Å². The third-order valence-corrected chi connectivity index (χ3v) is 2.91. The SMILES string of the molecule is C=CC(=O)OC(C)C(C)C(F)(F)C(F)(F)C(F)(F)C(F)(F)F. The Labute approximate surface area is 118 Å². The molecule has 0 aromatic heterocycles. The molecule has 0 aliphatic rings. The van der Waals surface area contributed by atoms with Gasteiger partial charge in [-0.25, -0.2) is 4.79 Å². The van der Waals surface area contributed by atoms with Crippen LogP contribution in [0.2, 0.25) is 0 Å². The summed E-state index contributed by atoms with van der Waals surface area (Å²) in [7, 11) is 0. The molecule has 0 amide bonds. The first-order valence-electron chi connectivity index (χ1n) is 5.57. The van der Waals surface area contributed by atoms with Gasteiger partial charge in [0.25, 0.3) is 0 Å². The van der Waals surface area contributed by atoms with E-state index in [0.29, 0.717) is 13.0 Å². The van der Waals surface area contributed by atoms with Gasteiger partial charge in [-0.15, -0.1) is 0 Å². The smallest absolute Gasteiger partial charge is 0.459 e. The fourth-order valence-corrected chi connectivity index (χ4v) is 1.30. The van der Waals surface area contributed by atoms with Crippen LogP contribution in [-0.2, 0) is 9.53 Å². The molecule has 0 fully saturated rings. The van der Waals surface area contributed by atoms with Crippen LogP contribution in [0.15, 0.2) is 12.7 Å². The van der Waals surface area contributed by atoms with Crippen LogP contribution < -0.4 is 0 Å². The van der Waals surface area contributed by atoms with Crippen LogP contribution in [0.3, 0.4) is 0 Å². The van der Waals surface area contributed by atoms with E-state index in [-0.39, 0.29) is 6.92 Å². The average Bonchev–Trinajstić information content (AvgIpc) is 2.35. The van der Waals surface area contributed by atoms with Crippen molar-refractivity contribution in [3.8, 4) is 0 Å². The number of rotatable bonds is 6. The highest BCUT2D eigenvalue weighted by Crippen LogP contribution is 2.55. The molecule has 11 heteroatoms. The quantitative estimate of drug-likeness (QED) is 0.409. The van der Waals surface area contributed by atoms with E-state index < -0.39 is 41.9 Å². The van der Waals surface area contributed by atoms with Crippen molar-refractivity contribution in [3.05, 3.63) is 12.7 Å². The van der Waals surface area contributed by atoms with Crippen molar-refractivity contribution >= 4 is 5.97 Å². The van der Waals surface area contributed by atoms with Crippen molar-refractivity contribution in [2.24, 2.45) is 5.92 Å². The lowest BCUT2D eigenvalue weighted by molar-refractivity contribution is -0.404. The van der Waals surface area contributed by atoms with E-state index in [1.807, 2.05) is 0 Å². The van der Waals surface area contributed by atoms with Gasteiger partial charge in [-0.2, -0.15) is 39.5 Å². The summed E-state index contributed by atoms with van der Waals surface area (Å²) in [6, 6.07) is 0. The highest BCUT2D eigenvalue weighted by molar-refractivity contribution is 5.81. The molecule has 0 aromatic rings. The number of halogens is 9. The van der Waals surface area contributed by atoms with E-state index in [4.69, 9.17) is 0 Å². The Morgan fingerprint density at radius 1 is 0.955 bits per heavy atom. The molecule has 130 valence electrons. The van der Waals surface area contributed by atoms with Gasteiger partial charge in [-0.05, 0) is 6.92 Å². The molecule has 0 heterocycles. The van der Waals surface area contributed by atoms with E-state index in [9.17, 15) is 44.3 Å². The summed E-state index contributed by atoms with van der Waals surface area (Å²) in [6.07, 6.45) is -8.49. The number of alkyl halides is 9. The largest absolute Gasteiger partial charge is 0.460 e. The number of carbonyl (C=O) groups excluding carboxylic acids is 1. The minimum atomic E-state index is -6.97. The zero-order valence-corrected chi connectivity index (χ0v) is 11.2. The van der Waals surface area contributed by atoms with Crippen LogP contribution in [0.1, 0.15) is 13.8 Å². The molecule has 0 bridgehead atoms. The number of hydrogen-bond donors (Lipinski definition) is 0. The Balaban J connectivity index is 5.60. The summed E-state index contributed by atoms with van der Waals surface area (Å²) < 4.78 is 118. The molecule has 2 atom stereocenters. The summed E-state index contributed by atoms with van der Waals surface area (Å²) in [5, 5.41) is 0. The second-order valence-corrected chi connectivity index (χ2v) is 4.40. The maximum absolute atomic E-state index is 13.5. The molecule has 22 heavy (non-hydrogen) atoms. The fraction of sp³-hybridized carbons (Fsp3) is 0.727. The maximum Gasteiger partial charge on any atom is 0.460 e. The summed E-state index contributed by atoms with van der Waals surface area (Å²) in [5.41, 5.74) is 0. The topological polar surface area (TPSA) is 26.3 Å². The van der Waals surface area contributed by atoms with Gasteiger partial charge in [0, 0.05) is 6.08 Å². The van der Waals surface area contributed by atoms with Crippen LogP contribution in [0.5, 0.6) is 0 Å². The zero-order chi connectivity index (χ0) is 18.1. The van der Waals surface area contributed by atoms with Crippen LogP contribution >= 0.6 is 0 Å². The summed E-state index contributed by atoms with van der Waals surface area (Å²) >= 11 is 0. The predicted molar refractivity (Wildman–Crippen MR) is 55.8 cm³/mol. The van der Waals surface area contributed by atoms with E-state index in [0.717, 1.165) is 0 Å². The number of hydrogen-bond acceptors (Lipinski definition) is 2. The lowest BCUT2D eigenvalue weighted by Crippen LogP contribution is -2.63. The second-order valence-electron chi connectivity index (χ2n) is 4.40. The van der Waals surface area contributed by atoms with Crippen molar-refractivity contribution in [2.45, 2.75) is 43.9 Å². The van der Waals surface area contributed by atoms with Gasteiger partial charge in [0.1, 0.15) is 6.10 Å². The minimum Gasteiger partial charge on any atom is -0.459 e. The standard InChI is InChI=1S/C11H11F9O2/c1-4-7(21)22-6(3)5(2)8(12,13)9(14,15)10(16,17)11(18,19)20/h4-6H,1H2,2-3H3. The molecular formula is C11H11F9O2. The van der Waals surface area contributed by atoms with Crippen LogP contribution in [0, 0.1) is 5.92 Å². The molecule has 2 unspecified atom stereocenters. The van der Waals surface area contributed by atoms with Gasteiger partial charge in [-0.1, -0.05) is 13.5 Å². The Kier molecular flexibility index (Phi) is 5.61. The van der Waals surface area contributed by atoms with Gasteiger partial charge in [0.15, 0.2) is 0 Å². The van der Waals surface area contributed by atoms with Crippen LogP contribution in [0.25, 0.3) is 0 Å². The average molecular weight is 346 g/mol. The third-order valence-electron chi connectivity index (χ3n) is 2.91. The van der Waals surface area contributed by atoms with Crippen LogP contribution in [0.4, 0.5) is 39.5 Å². The fourth-order valence-electron chi connectivity index (χ4n) is 1.30. The van der Waals surface area contributed by atoms with Crippen molar-refractivity contribution in [3.63, 3.8) is 0 Å². The predicted octanol–water partition coefficient (Wildman–Crippen LogP) is 4.21. The highest BCUT2D eigenvalue weighted by atomic mass is 19.4. The first-order chi connectivity index (χ1) is 9.54. The Hall–Kier alpha value is -1.42. The summed E-state index contributed by atoms with van der Waals surface area (Å²) in [4.78, 5) is 10.8. The number of esters is 1. The van der Waals surface area contributed by atoms with E-state index in [1.165, 1.54) is 0 Å². The second kappa shape index (κ2) is 5.99. The van der Waals surface area contributed by atoms with Crippen molar-refractivity contribution in [1.82, 2.24) is 0 Å². The Morgan fingerprint density at radius 2 is 1.36 bits per heavy atom. The highest BCUT2D eigenvalue weighted by Gasteiger charge is 2.82. The molecule has 0 aliphatic heterocycles. The molecule has 0 aromatic carbocycles. The summed E-state index contributed by atoms with van der Waals surface area (Å²) in [6.45, 7) is 3.77. The van der Waals surface area contributed by atoms with E-state index >= 15 is 0 Å². The van der Waals surface area contributed by atoms with Crippen molar-refractivity contribution in [1.29, 1.82) is 0 Å². The first-order valence-corrected chi connectivity index (χ1v) is 5.57. The monoisotopic (exact) mass is 346 g/mol. The van der Waals surface area contributed by atoms with Crippen molar-refractivity contribution in [2.75, 3.05) is 0 Å². The molecule has 0 radical (unpaired) electrons. The van der Waals surface area contributed by atoms with Crippen molar-refractivity contribution < 1.29 is 49.0 Å². The first kappa shape index (κ1) is 20.6. The molecule has 0 saturated carbocycles. The zero-order valence-electron chi connectivity index (χ0n) is 11.2. The summed E-state index contributed by atoms with van der Waals surface area (Å²) in [5.74, 6) is -23.7. The molecule has 0 aliphatic carbocycles. The molecule has 0 saturated heterocycles. The van der Waals surface area contributed by atoms with Gasteiger partial charge < -0.3 is 4.74 Å². The van der Waals surface area contributed by atoms with Crippen LogP contribution in [-0.4, -0.2) is 36.0 Å². The lowest BCUT2D eigenvalue weighted by Gasteiger charge is -2.38. The maximum atomic E-state index is 13.5. The molecular weight excluding hydrogens is 335 g/mol. The number of ether oxygens (including phenoxy) is 1. The Bertz CT molecular complexity index is 428. The normalized spacial score (nSPS) is 16.9. The molecule has 0 N–H and O–H groups in total. The molecule has 2 nitrogen and oxygen atoms in total. The van der Waals surface area contributed by atoms with Gasteiger partial charge in [-0.3, -0.25) is 0 Å². The van der Waals surface area contributed by atoms with Gasteiger partial charge in [0.2, 0.25) is 0 Å². The molecule has 0 rings (SSSR count). The van der Waals surface area contributed by atoms with E-state index in [2.05, 4.69) is 11.3 Å². The molecule has 0 spiro atoms.